The van der Waals surface area contributed by atoms with E-state index in [-0.39, 0.29) is 11.4 Å². The maximum atomic E-state index is 11.3. The molecule has 0 amide bonds. The zero-order valence-corrected chi connectivity index (χ0v) is 20.3. The molecule has 1 aliphatic heterocycles. The van der Waals surface area contributed by atoms with Gasteiger partial charge in [-0.25, -0.2) is 0 Å². The number of aromatic hydroxyl groups is 1. The Labute approximate surface area is 188 Å². The van der Waals surface area contributed by atoms with Gasteiger partial charge < -0.3 is 9.84 Å². The van der Waals surface area contributed by atoms with Gasteiger partial charge in [-0.15, -0.1) is 0 Å². The second kappa shape index (κ2) is 11.4. The summed E-state index contributed by atoms with van der Waals surface area (Å²) < 4.78 is 6.38. The number of fused-ring (bicyclic) bond motifs is 1. The van der Waals surface area contributed by atoms with E-state index in [1.165, 1.54) is 16.7 Å². The minimum atomic E-state index is -0.243. The lowest BCUT2D eigenvalue weighted by Crippen LogP contribution is -2.36. The first-order valence-corrected chi connectivity index (χ1v) is 11.6. The summed E-state index contributed by atoms with van der Waals surface area (Å²) in [6.45, 7) is 12.8. The first-order chi connectivity index (χ1) is 14.6. The summed E-state index contributed by atoms with van der Waals surface area (Å²) in [6, 6.07) is 1.69. The molecule has 0 saturated carbocycles. The van der Waals surface area contributed by atoms with Gasteiger partial charge in [0, 0.05) is 5.56 Å². The van der Waals surface area contributed by atoms with E-state index < -0.39 is 0 Å². The van der Waals surface area contributed by atoms with Crippen LogP contribution in [-0.2, 0) is 6.42 Å². The van der Waals surface area contributed by atoms with Gasteiger partial charge in [0.25, 0.3) is 0 Å². The molecule has 0 bridgehead atoms. The Morgan fingerprint density at radius 2 is 1.68 bits per heavy atom. The summed E-state index contributed by atoms with van der Waals surface area (Å²) in [5.74, 6) is 0.835. The summed E-state index contributed by atoms with van der Waals surface area (Å²) in [5.41, 5.74) is 6.13. The number of phenolic OH excluding ortho intramolecular Hbond substituents is 1. The van der Waals surface area contributed by atoms with Crippen molar-refractivity contribution in [2.24, 2.45) is 0 Å². The Balaban J connectivity index is 1.87. The number of carbonyl (C=O) groups is 1. The molecular formula is C28H40O3. The largest absolute Gasteiger partial charge is 0.507 e. The van der Waals surface area contributed by atoms with Crippen LogP contribution in [0.4, 0.5) is 0 Å². The van der Waals surface area contributed by atoms with Crippen LogP contribution < -0.4 is 4.74 Å². The Kier molecular flexibility index (Phi) is 9.15. The van der Waals surface area contributed by atoms with Crippen LogP contribution in [0.3, 0.4) is 0 Å². The van der Waals surface area contributed by atoms with Crippen molar-refractivity contribution in [3.63, 3.8) is 0 Å². The number of hydrogen-bond donors (Lipinski definition) is 1. The molecule has 0 fully saturated rings. The summed E-state index contributed by atoms with van der Waals surface area (Å²) in [4.78, 5) is 11.3. The van der Waals surface area contributed by atoms with Crippen molar-refractivity contribution < 1.29 is 14.6 Å². The monoisotopic (exact) mass is 424 g/mol. The highest BCUT2D eigenvalue weighted by molar-refractivity contribution is 5.83. The third-order valence-corrected chi connectivity index (χ3v) is 6.30. The molecule has 170 valence electrons. The smallest absolute Gasteiger partial charge is 0.154 e. The van der Waals surface area contributed by atoms with Gasteiger partial charge in [-0.05, 0) is 105 Å². The standard InChI is InChI=1S/C28H40O3/c1-20(2)10-7-11-21(3)12-8-13-22(4)14-9-16-28(6)17-15-24-18-26(30)25(19-29)23(5)27(24)31-28/h10,12,14,18-19,30H,7-9,11,13,15-17H2,1-6H3/t28-/m0/s1. The number of ether oxygens (including phenoxy) is 1. The zero-order valence-electron chi connectivity index (χ0n) is 20.3. The number of phenols is 1. The summed E-state index contributed by atoms with van der Waals surface area (Å²) in [7, 11) is 0. The topological polar surface area (TPSA) is 46.5 Å². The molecule has 1 heterocycles. The van der Waals surface area contributed by atoms with Gasteiger partial charge in [-0.1, -0.05) is 34.9 Å². The van der Waals surface area contributed by atoms with Gasteiger partial charge in [-0.3, -0.25) is 4.79 Å². The van der Waals surface area contributed by atoms with Crippen molar-refractivity contribution in [3.8, 4) is 11.5 Å². The van der Waals surface area contributed by atoms with Crippen LogP contribution in [-0.4, -0.2) is 17.0 Å². The van der Waals surface area contributed by atoms with Gasteiger partial charge in [0.2, 0.25) is 0 Å². The van der Waals surface area contributed by atoms with Gasteiger partial charge in [0.05, 0.1) is 5.56 Å². The molecule has 0 aromatic heterocycles. The summed E-state index contributed by atoms with van der Waals surface area (Å²) in [6.07, 6.45) is 15.9. The number of hydrogen-bond acceptors (Lipinski definition) is 3. The molecule has 0 saturated heterocycles. The first-order valence-electron chi connectivity index (χ1n) is 11.6. The van der Waals surface area contributed by atoms with Crippen molar-refractivity contribution in [1.29, 1.82) is 0 Å². The third kappa shape index (κ3) is 7.41. The highest BCUT2D eigenvalue weighted by Gasteiger charge is 2.33. The Hall–Kier alpha value is -2.29. The molecule has 1 atom stereocenters. The quantitative estimate of drug-likeness (QED) is 0.308. The number of aldehydes is 1. The highest BCUT2D eigenvalue weighted by Crippen LogP contribution is 2.41. The van der Waals surface area contributed by atoms with Crippen LogP contribution in [0.1, 0.15) is 101 Å². The van der Waals surface area contributed by atoms with Crippen molar-refractivity contribution in [2.75, 3.05) is 0 Å². The van der Waals surface area contributed by atoms with Gasteiger partial charge >= 0.3 is 0 Å². The van der Waals surface area contributed by atoms with Crippen molar-refractivity contribution >= 4 is 6.29 Å². The lowest BCUT2D eigenvalue weighted by Gasteiger charge is -2.37. The summed E-state index contributed by atoms with van der Waals surface area (Å²) in [5, 5.41) is 10.0. The van der Waals surface area contributed by atoms with Crippen molar-refractivity contribution in [3.05, 3.63) is 57.7 Å². The Bertz CT molecular complexity index is 869. The minimum absolute atomic E-state index is 0.0539. The van der Waals surface area contributed by atoms with Crippen LogP contribution in [0, 0.1) is 6.92 Å². The number of benzene rings is 1. The Morgan fingerprint density at radius 1 is 1.06 bits per heavy atom. The maximum Gasteiger partial charge on any atom is 0.154 e. The molecule has 31 heavy (non-hydrogen) atoms. The second-order valence-electron chi connectivity index (χ2n) is 9.59. The van der Waals surface area contributed by atoms with Crippen LogP contribution in [0.2, 0.25) is 0 Å². The molecular weight excluding hydrogens is 384 g/mol. The van der Waals surface area contributed by atoms with E-state index in [1.807, 2.05) is 6.92 Å². The molecule has 2 rings (SSSR count). The van der Waals surface area contributed by atoms with Crippen LogP contribution in [0.5, 0.6) is 11.5 Å². The van der Waals surface area contributed by atoms with E-state index in [2.05, 4.69) is 52.8 Å². The van der Waals surface area contributed by atoms with Crippen LogP contribution in [0.25, 0.3) is 0 Å². The fraction of sp³-hybridized carbons (Fsp3) is 0.536. The van der Waals surface area contributed by atoms with Crippen LogP contribution >= 0.6 is 0 Å². The molecule has 0 spiro atoms. The van der Waals surface area contributed by atoms with E-state index in [0.29, 0.717) is 11.8 Å². The van der Waals surface area contributed by atoms with E-state index in [0.717, 1.165) is 68.2 Å². The fourth-order valence-electron chi connectivity index (χ4n) is 4.18. The Morgan fingerprint density at radius 3 is 2.29 bits per heavy atom. The molecule has 0 unspecified atom stereocenters. The SMILES string of the molecule is CC(C)=CCCC(C)=CCCC(C)=CCC[C@@]1(C)CCc2cc(O)c(C=O)c(C)c2O1. The molecule has 1 aliphatic rings. The molecule has 0 aliphatic carbocycles. The average molecular weight is 425 g/mol. The molecule has 3 heteroatoms. The van der Waals surface area contributed by atoms with Gasteiger partial charge in [0.1, 0.15) is 17.1 Å². The molecule has 0 radical (unpaired) electrons. The normalized spacial score (nSPS) is 18.9. The van der Waals surface area contributed by atoms with Gasteiger partial charge in [-0.2, -0.15) is 0 Å². The predicted octanol–water partition coefficient (Wildman–Crippen LogP) is 7.80. The molecule has 1 aromatic rings. The lowest BCUT2D eigenvalue weighted by molar-refractivity contribution is 0.0560. The van der Waals surface area contributed by atoms with E-state index in [4.69, 9.17) is 4.74 Å². The highest BCUT2D eigenvalue weighted by atomic mass is 16.5. The number of allylic oxidation sites excluding steroid dienone is 6. The number of carbonyl (C=O) groups excluding carboxylic acids is 1. The fourth-order valence-corrected chi connectivity index (χ4v) is 4.18. The predicted molar refractivity (Wildman–Crippen MR) is 130 cm³/mol. The lowest BCUT2D eigenvalue weighted by atomic mass is 9.86. The van der Waals surface area contributed by atoms with E-state index in [9.17, 15) is 9.90 Å². The third-order valence-electron chi connectivity index (χ3n) is 6.30. The molecule has 3 nitrogen and oxygen atoms in total. The maximum absolute atomic E-state index is 11.3. The minimum Gasteiger partial charge on any atom is -0.507 e. The molecule has 1 aromatic carbocycles. The second-order valence-corrected chi connectivity index (χ2v) is 9.59. The van der Waals surface area contributed by atoms with Crippen molar-refractivity contribution in [1.82, 2.24) is 0 Å². The molecule has 1 N–H and O–H groups in total. The summed E-state index contributed by atoms with van der Waals surface area (Å²) >= 11 is 0. The number of aryl methyl sites for hydroxylation is 1. The van der Waals surface area contributed by atoms with E-state index >= 15 is 0 Å². The number of rotatable bonds is 10. The van der Waals surface area contributed by atoms with Crippen LogP contribution in [0.15, 0.2) is 41.0 Å². The van der Waals surface area contributed by atoms with Crippen molar-refractivity contribution in [2.45, 2.75) is 98.5 Å². The van der Waals surface area contributed by atoms with E-state index in [1.54, 1.807) is 6.07 Å². The first kappa shape index (κ1) is 25.0. The zero-order chi connectivity index (χ0) is 23.0. The average Bonchev–Trinajstić information content (AvgIpc) is 2.69. The van der Waals surface area contributed by atoms with Gasteiger partial charge in [0.15, 0.2) is 6.29 Å².